The van der Waals surface area contributed by atoms with Crippen LogP contribution in [0.5, 0.6) is 0 Å². The Kier molecular flexibility index (Phi) is 6.41. The fourth-order valence-corrected chi connectivity index (χ4v) is 2.46. The lowest BCUT2D eigenvalue weighted by Gasteiger charge is -2.19. The Bertz CT molecular complexity index is 342. The first kappa shape index (κ1) is 15.2. The van der Waals surface area contributed by atoms with Crippen molar-refractivity contribution in [1.82, 2.24) is 15.1 Å². The van der Waals surface area contributed by atoms with Crippen molar-refractivity contribution in [2.45, 2.75) is 59.4 Å². The molecule has 0 aliphatic carbocycles. The van der Waals surface area contributed by atoms with Gasteiger partial charge in [-0.05, 0) is 44.2 Å². The van der Waals surface area contributed by atoms with Gasteiger partial charge in [-0.2, -0.15) is 5.10 Å². The summed E-state index contributed by atoms with van der Waals surface area (Å²) in [6.45, 7) is 10.00. The summed E-state index contributed by atoms with van der Waals surface area (Å²) in [5.74, 6) is 0.756. The molecule has 0 aliphatic heterocycles. The molecule has 1 aromatic rings. The van der Waals surface area contributed by atoms with Crippen molar-refractivity contribution >= 4 is 0 Å². The Morgan fingerprint density at radius 2 is 2.06 bits per heavy atom. The fourth-order valence-electron chi connectivity index (χ4n) is 2.46. The lowest BCUT2D eigenvalue weighted by molar-refractivity contribution is 0.402. The van der Waals surface area contributed by atoms with Crippen molar-refractivity contribution < 1.29 is 0 Å². The zero-order valence-electron chi connectivity index (χ0n) is 12.7. The summed E-state index contributed by atoms with van der Waals surface area (Å²) in [5.41, 5.74) is 2.56. The maximum Gasteiger partial charge on any atom is 0.0624 e. The van der Waals surface area contributed by atoms with Crippen molar-refractivity contribution in [2.75, 3.05) is 6.54 Å². The minimum atomic E-state index is 0.634. The Hall–Kier alpha value is -0.830. The van der Waals surface area contributed by atoms with Crippen molar-refractivity contribution in [1.29, 1.82) is 0 Å². The van der Waals surface area contributed by atoms with Crippen LogP contribution < -0.4 is 5.32 Å². The summed E-state index contributed by atoms with van der Waals surface area (Å²) < 4.78 is 2.04. The van der Waals surface area contributed by atoms with E-state index in [0.29, 0.717) is 6.04 Å². The third-order valence-electron chi connectivity index (χ3n) is 3.39. The van der Waals surface area contributed by atoms with Gasteiger partial charge in [0.05, 0.1) is 5.69 Å². The highest BCUT2D eigenvalue weighted by atomic mass is 15.3. The molecule has 0 bridgehead atoms. The highest BCUT2D eigenvalue weighted by Gasteiger charge is 2.11. The number of nitrogens with zero attached hydrogens (tertiary/aromatic N) is 2. The van der Waals surface area contributed by atoms with Crippen LogP contribution in [0.4, 0.5) is 0 Å². The third-order valence-corrected chi connectivity index (χ3v) is 3.39. The average Bonchev–Trinajstić information content (AvgIpc) is 2.66. The van der Waals surface area contributed by atoms with Crippen molar-refractivity contribution in [3.8, 4) is 0 Å². The number of aromatic nitrogens is 2. The molecule has 3 nitrogen and oxygen atoms in total. The average molecular weight is 251 g/mol. The van der Waals surface area contributed by atoms with Crippen LogP contribution in [0.3, 0.4) is 0 Å². The molecule has 0 radical (unpaired) electrons. The summed E-state index contributed by atoms with van der Waals surface area (Å²) in [5, 5.41) is 8.11. The van der Waals surface area contributed by atoms with E-state index in [9.17, 15) is 0 Å². The van der Waals surface area contributed by atoms with Gasteiger partial charge in [-0.15, -0.1) is 0 Å². The summed E-state index contributed by atoms with van der Waals surface area (Å²) in [6, 6.07) is 2.88. The van der Waals surface area contributed by atoms with Gasteiger partial charge in [0, 0.05) is 18.8 Å². The van der Waals surface area contributed by atoms with Crippen LogP contribution in [0.2, 0.25) is 0 Å². The fraction of sp³-hybridized carbons (Fsp3) is 0.800. The molecule has 0 fully saturated rings. The second kappa shape index (κ2) is 7.57. The quantitative estimate of drug-likeness (QED) is 0.770. The first-order valence-electron chi connectivity index (χ1n) is 7.31. The Morgan fingerprint density at radius 1 is 1.33 bits per heavy atom. The van der Waals surface area contributed by atoms with E-state index in [4.69, 9.17) is 0 Å². The molecule has 0 saturated carbocycles. The number of hydrogen-bond acceptors (Lipinski definition) is 2. The first-order valence-corrected chi connectivity index (χ1v) is 7.31. The lowest BCUT2D eigenvalue weighted by Crippen LogP contribution is -2.30. The van der Waals surface area contributed by atoms with Crippen LogP contribution in [-0.4, -0.2) is 22.4 Å². The zero-order chi connectivity index (χ0) is 13.5. The molecule has 18 heavy (non-hydrogen) atoms. The zero-order valence-corrected chi connectivity index (χ0v) is 12.7. The molecule has 104 valence electrons. The minimum absolute atomic E-state index is 0.634. The number of hydrogen-bond donors (Lipinski definition) is 1. The van der Waals surface area contributed by atoms with Gasteiger partial charge in [-0.25, -0.2) is 0 Å². The lowest BCUT2D eigenvalue weighted by atomic mass is 9.99. The molecule has 0 aliphatic rings. The molecule has 1 atom stereocenters. The van der Waals surface area contributed by atoms with E-state index in [1.54, 1.807) is 0 Å². The summed E-state index contributed by atoms with van der Waals surface area (Å²) in [7, 11) is 2.05. The smallest absolute Gasteiger partial charge is 0.0624 e. The molecule has 1 N–H and O–H groups in total. The molecule has 1 aromatic heterocycles. The van der Waals surface area contributed by atoms with Gasteiger partial charge in [0.2, 0.25) is 0 Å². The van der Waals surface area contributed by atoms with Gasteiger partial charge in [0.1, 0.15) is 0 Å². The highest BCUT2D eigenvalue weighted by molar-refractivity contribution is 5.10. The van der Waals surface area contributed by atoms with Crippen molar-refractivity contribution in [3.05, 3.63) is 17.5 Å². The van der Waals surface area contributed by atoms with E-state index in [1.807, 2.05) is 4.68 Å². The highest BCUT2D eigenvalue weighted by Crippen LogP contribution is 2.13. The Balaban J connectivity index is 2.52. The number of aryl methyl sites for hydroxylation is 3. The Morgan fingerprint density at radius 3 is 2.56 bits per heavy atom. The molecular weight excluding hydrogens is 222 g/mol. The molecule has 0 aromatic carbocycles. The largest absolute Gasteiger partial charge is 0.314 e. The first-order chi connectivity index (χ1) is 8.56. The van der Waals surface area contributed by atoms with Gasteiger partial charge < -0.3 is 5.32 Å². The Labute approximate surface area is 112 Å². The molecule has 3 heteroatoms. The SMILES string of the molecule is CCNC(CCc1cc(CC)nn1C)CC(C)C. The molecular formula is C15H29N3. The normalized spacial score (nSPS) is 13.2. The van der Waals surface area contributed by atoms with Gasteiger partial charge in [-0.1, -0.05) is 27.7 Å². The predicted octanol–water partition coefficient (Wildman–Crippen LogP) is 2.94. The van der Waals surface area contributed by atoms with Crippen molar-refractivity contribution in [2.24, 2.45) is 13.0 Å². The van der Waals surface area contributed by atoms with E-state index in [0.717, 1.165) is 25.3 Å². The van der Waals surface area contributed by atoms with Crippen LogP contribution in [-0.2, 0) is 19.9 Å². The molecule has 0 amide bonds. The van der Waals surface area contributed by atoms with E-state index < -0.39 is 0 Å². The second-order valence-electron chi connectivity index (χ2n) is 5.53. The predicted molar refractivity (Wildman–Crippen MR) is 77.8 cm³/mol. The number of nitrogens with one attached hydrogen (secondary N) is 1. The van der Waals surface area contributed by atoms with Crippen LogP contribution >= 0.6 is 0 Å². The molecule has 1 unspecified atom stereocenters. The van der Waals surface area contributed by atoms with Crippen LogP contribution in [0, 0.1) is 5.92 Å². The van der Waals surface area contributed by atoms with Gasteiger partial charge >= 0.3 is 0 Å². The second-order valence-corrected chi connectivity index (χ2v) is 5.53. The van der Waals surface area contributed by atoms with Crippen LogP contribution in [0.25, 0.3) is 0 Å². The van der Waals surface area contributed by atoms with Gasteiger partial charge in [0.25, 0.3) is 0 Å². The monoisotopic (exact) mass is 251 g/mol. The van der Waals surface area contributed by atoms with E-state index in [2.05, 4.69) is 51.2 Å². The summed E-state index contributed by atoms with van der Waals surface area (Å²) in [4.78, 5) is 0. The van der Waals surface area contributed by atoms with E-state index in [-0.39, 0.29) is 0 Å². The molecule has 1 heterocycles. The van der Waals surface area contributed by atoms with E-state index >= 15 is 0 Å². The minimum Gasteiger partial charge on any atom is -0.314 e. The standard InChI is InChI=1S/C15H29N3/c1-6-13-11-15(18(5)17-13)9-8-14(16-7-2)10-12(3)4/h11-12,14,16H,6-10H2,1-5H3. The summed E-state index contributed by atoms with van der Waals surface area (Å²) in [6.07, 6.45) is 4.60. The van der Waals surface area contributed by atoms with Crippen LogP contribution in [0.1, 0.15) is 51.9 Å². The third kappa shape index (κ3) is 4.81. The molecule has 1 rings (SSSR count). The van der Waals surface area contributed by atoms with Gasteiger partial charge in [0.15, 0.2) is 0 Å². The van der Waals surface area contributed by atoms with Crippen molar-refractivity contribution in [3.63, 3.8) is 0 Å². The van der Waals surface area contributed by atoms with E-state index in [1.165, 1.54) is 24.2 Å². The van der Waals surface area contributed by atoms with Gasteiger partial charge in [-0.3, -0.25) is 4.68 Å². The molecule has 0 spiro atoms. The number of rotatable bonds is 8. The molecule has 0 saturated heterocycles. The maximum atomic E-state index is 4.51. The maximum absolute atomic E-state index is 4.51. The van der Waals surface area contributed by atoms with Crippen LogP contribution in [0.15, 0.2) is 6.07 Å². The topological polar surface area (TPSA) is 29.9 Å². The summed E-state index contributed by atoms with van der Waals surface area (Å²) >= 11 is 0.